The van der Waals surface area contributed by atoms with Gasteiger partial charge in [-0.2, -0.15) is 0 Å². The SMILES string of the molecule is CCC(c1ccc(C)cc1C)C(N)O. The van der Waals surface area contributed by atoms with Gasteiger partial charge >= 0.3 is 0 Å². The lowest BCUT2D eigenvalue weighted by Gasteiger charge is -2.20. The van der Waals surface area contributed by atoms with E-state index in [4.69, 9.17) is 5.73 Å². The summed E-state index contributed by atoms with van der Waals surface area (Å²) in [5.41, 5.74) is 9.15. The quantitative estimate of drug-likeness (QED) is 0.722. The summed E-state index contributed by atoms with van der Waals surface area (Å²) in [6.45, 7) is 6.17. The van der Waals surface area contributed by atoms with Crippen LogP contribution < -0.4 is 5.73 Å². The molecule has 0 fully saturated rings. The van der Waals surface area contributed by atoms with E-state index < -0.39 is 6.23 Å². The van der Waals surface area contributed by atoms with Gasteiger partial charge in [0.05, 0.1) is 0 Å². The molecule has 0 saturated carbocycles. The predicted octanol–water partition coefficient (Wildman–Crippen LogP) is 2.07. The summed E-state index contributed by atoms with van der Waals surface area (Å²) < 4.78 is 0. The van der Waals surface area contributed by atoms with Crippen molar-refractivity contribution in [3.05, 3.63) is 34.9 Å². The van der Waals surface area contributed by atoms with Crippen LogP contribution in [-0.2, 0) is 0 Å². The monoisotopic (exact) mass is 193 g/mol. The molecular formula is C12H19NO. The maximum Gasteiger partial charge on any atom is 0.109 e. The molecule has 2 atom stereocenters. The molecule has 0 aliphatic heterocycles. The lowest BCUT2D eigenvalue weighted by Crippen LogP contribution is -2.27. The Morgan fingerprint density at radius 1 is 1.36 bits per heavy atom. The van der Waals surface area contributed by atoms with Crippen LogP contribution >= 0.6 is 0 Å². The van der Waals surface area contributed by atoms with Crippen LogP contribution in [0.15, 0.2) is 18.2 Å². The Balaban J connectivity index is 3.04. The fourth-order valence-electron chi connectivity index (χ4n) is 1.89. The molecule has 0 heterocycles. The molecule has 2 unspecified atom stereocenters. The number of aryl methyl sites for hydroxylation is 2. The van der Waals surface area contributed by atoms with E-state index >= 15 is 0 Å². The van der Waals surface area contributed by atoms with Gasteiger partial charge < -0.3 is 10.8 Å². The average Bonchev–Trinajstić information content (AvgIpc) is 2.09. The largest absolute Gasteiger partial charge is 0.378 e. The van der Waals surface area contributed by atoms with E-state index in [0.717, 1.165) is 12.0 Å². The molecule has 0 saturated heterocycles. The molecule has 3 N–H and O–H groups in total. The summed E-state index contributed by atoms with van der Waals surface area (Å²) in [5, 5.41) is 9.44. The van der Waals surface area contributed by atoms with Crippen molar-refractivity contribution in [1.82, 2.24) is 0 Å². The van der Waals surface area contributed by atoms with Crippen molar-refractivity contribution in [2.45, 2.75) is 39.3 Å². The molecule has 0 bridgehead atoms. The number of benzene rings is 1. The van der Waals surface area contributed by atoms with Crippen LogP contribution in [0, 0.1) is 13.8 Å². The number of aliphatic hydroxyl groups is 1. The van der Waals surface area contributed by atoms with Crippen LogP contribution in [0.1, 0.15) is 36.0 Å². The highest BCUT2D eigenvalue weighted by Crippen LogP contribution is 2.25. The highest BCUT2D eigenvalue weighted by Gasteiger charge is 2.17. The molecule has 1 aromatic carbocycles. The smallest absolute Gasteiger partial charge is 0.109 e. The minimum Gasteiger partial charge on any atom is -0.378 e. The van der Waals surface area contributed by atoms with Crippen molar-refractivity contribution in [2.75, 3.05) is 0 Å². The second-order valence-electron chi connectivity index (χ2n) is 3.87. The lowest BCUT2D eigenvalue weighted by atomic mass is 9.90. The zero-order valence-corrected chi connectivity index (χ0v) is 9.12. The summed E-state index contributed by atoms with van der Waals surface area (Å²) in [4.78, 5) is 0. The highest BCUT2D eigenvalue weighted by molar-refractivity contribution is 5.33. The Labute approximate surface area is 85.8 Å². The third-order valence-corrected chi connectivity index (χ3v) is 2.68. The van der Waals surface area contributed by atoms with Crippen molar-refractivity contribution in [3.63, 3.8) is 0 Å². The number of aliphatic hydroxyl groups excluding tert-OH is 1. The first-order chi connectivity index (χ1) is 6.56. The van der Waals surface area contributed by atoms with Gasteiger partial charge in [0, 0.05) is 5.92 Å². The fraction of sp³-hybridized carbons (Fsp3) is 0.500. The standard InChI is InChI=1S/C12H19NO/c1-4-10(12(13)14)11-6-5-8(2)7-9(11)3/h5-7,10,12,14H,4,13H2,1-3H3. The summed E-state index contributed by atoms with van der Waals surface area (Å²) >= 11 is 0. The van der Waals surface area contributed by atoms with Crippen LogP contribution in [-0.4, -0.2) is 11.3 Å². The Bertz CT molecular complexity index is 307. The van der Waals surface area contributed by atoms with Gasteiger partial charge in [-0.05, 0) is 31.4 Å². The van der Waals surface area contributed by atoms with E-state index in [1.54, 1.807) is 0 Å². The summed E-state index contributed by atoms with van der Waals surface area (Å²) in [5.74, 6) is 0.0515. The highest BCUT2D eigenvalue weighted by atomic mass is 16.3. The second kappa shape index (κ2) is 4.58. The maximum absolute atomic E-state index is 9.44. The molecule has 0 amide bonds. The lowest BCUT2D eigenvalue weighted by molar-refractivity contribution is 0.147. The fourth-order valence-corrected chi connectivity index (χ4v) is 1.89. The first-order valence-electron chi connectivity index (χ1n) is 5.07. The van der Waals surface area contributed by atoms with Crippen molar-refractivity contribution in [2.24, 2.45) is 5.73 Å². The van der Waals surface area contributed by atoms with E-state index in [2.05, 4.69) is 32.0 Å². The molecular weight excluding hydrogens is 174 g/mol. The molecule has 1 aromatic rings. The summed E-state index contributed by atoms with van der Waals surface area (Å²) in [7, 11) is 0. The van der Waals surface area contributed by atoms with Crippen LogP contribution in [0.4, 0.5) is 0 Å². The Hall–Kier alpha value is -0.860. The molecule has 14 heavy (non-hydrogen) atoms. The van der Waals surface area contributed by atoms with Crippen molar-refractivity contribution in [3.8, 4) is 0 Å². The van der Waals surface area contributed by atoms with Gasteiger partial charge in [-0.1, -0.05) is 30.7 Å². The van der Waals surface area contributed by atoms with Gasteiger partial charge in [0.2, 0.25) is 0 Å². The third kappa shape index (κ3) is 2.34. The summed E-state index contributed by atoms with van der Waals surface area (Å²) in [6.07, 6.45) is 0.100. The molecule has 2 heteroatoms. The maximum atomic E-state index is 9.44. The molecule has 0 radical (unpaired) electrons. The third-order valence-electron chi connectivity index (χ3n) is 2.68. The van der Waals surface area contributed by atoms with Crippen molar-refractivity contribution < 1.29 is 5.11 Å². The van der Waals surface area contributed by atoms with Gasteiger partial charge in [-0.25, -0.2) is 0 Å². The average molecular weight is 193 g/mol. The van der Waals surface area contributed by atoms with Gasteiger partial charge in [0.1, 0.15) is 6.23 Å². The van der Waals surface area contributed by atoms with Crippen LogP contribution in [0.25, 0.3) is 0 Å². The van der Waals surface area contributed by atoms with Crippen LogP contribution in [0.3, 0.4) is 0 Å². The van der Waals surface area contributed by atoms with E-state index in [0.29, 0.717) is 0 Å². The minimum absolute atomic E-state index is 0.0515. The predicted molar refractivity (Wildman–Crippen MR) is 59.1 cm³/mol. The van der Waals surface area contributed by atoms with Gasteiger partial charge in [-0.3, -0.25) is 0 Å². The first kappa shape index (κ1) is 11.2. The van der Waals surface area contributed by atoms with Gasteiger partial charge in [0.25, 0.3) is 0 Å². The van der Waals surface area contributed by atoms with Crippen molar-refractivity contribution in [1.29, 1.82) is 0 Å². The minimum atomic E-state index is -0.763. The van der Waals surface area contributed by atoms with Crippen LogP contribution in [0.5, 0.6) is 0 Å². The van der Waals surface area contributed by atoms with Crippen molar-refractivity contribution >= 4 is 0 Å². The number of rotatable bonds is 3. The van der Waals surface area contributed by atoms with E-state index in [9.17, 15) is 5.11 Å². The Kier molecular flexibility index (Phi) is 3.67. The van der Waals surface area contributed by atoms with Gasteiger partial charge in [0.15, 0.2) is 0 Å². The molecule has 0 aromatic heterocycles. The molecule has 2 nitrogen and oxygen atoms in total. The molecule has 78 valence electrons. The van der Waals surface area contributed by atoms with E-state index in [1.807, 2.05) is 6.92 Å². The van der Waals surface area contributed by atoms with Crippen LogP contribution in [0.2, 0.25) is 0 Å². The molecule has 0 spiro atoms. The summed E-state index contributed by atoms with van der Waals surface area (Å²) in [6, 6.07) is 6.25. The molecule has 1 rings (SSSR count). The Morgan fingerprint density at radius 2 is 2.00 bits per heavy atom. The molecule has 0 aliphatic carbocycles. The zero-order valence-electron chi connectivity index (χ0n) is 9.12. The second-order valence-corrected chi connectivity index (χ2v) is 3.87. The Morgan fingerprint density at radius 3 is 2.43 bits per heavy atom. The normalized spacial score (nSPS) is 15.2. The van der Waals surface area contributed by atoms with Gasteiger partial charge in [-0.15, -0.1) is 0 Å². The number of hydrogen-bond donors (Lipinski definition) is 2. The number of hydrogen-bond acceptors (Lipinski definition) is 2. The van der Waals surface area contributed by atoms with E-state index in [1.165, 1.54) is 11.1 Å². The number of nitrogens with two attached hydrogens (primary N) is 1. The van der Waals surface area contributed by atoms with E-state index in [-0.39, 0.29) is 5.92 Å². The zero-order chi connectivity index (χ0) is 10.7. The first-order valence-corrected chi connectivity index (χ1v) is 5.07. The molecule has 0 aliphatic rings. The topological polar surface area (TPSA) is 46.2 Å².